The molecule has 31 heavy (non-hydrogen) atoms. The van der Waals surface area contributed by atoms with E-state index in [0.29, 0.717) is 19.6 Å². The van der Waals surface area contributed by atoms with Crippen molar-refractivity contribution in [2.45, 2.75) is 13.0 Å². The van der Waals surface area contributed by atoms with Gasteiger partial charge in [-0.1, -0.05) is 72.8 Å². The summed E-state index contributed by atoms with van der Waals surface area (Å²) in [5.74, 6) is 0.761. The fourth-order valence-electron chi connectivity index (χ4n) is 4.35. The summed E-state index contributed by atoms with van der Waals surface area (Å²) in [5.41, 5.74) is 5.72. The number of pyridine rings is 1. The van der Waals surface area contributed by atoms with Gasteiger partial charge in [0, 0.05) is 23.2 Å². The van der Waals surface area contributed by atoms with Gasteiger partial charge in [0.25, 0.3) is 5.56 Å². The normalized spacial score (nSPS) is 11.5. The molecule has 4 heteroatoms. The molecule has 0 aliphatic heterocycles. The van der Waals surface area contributed by atoms with Crippen LogP contribution in [0.2, 0.25) is 0 Å². The van der Waals surface area contributed by atoms with E-state index >= 15 is 0 Å². The first-order valence-corrected chi connectivity index (χ1v) is 10.3. The number of aromatic nitrogens is 1. The molecule has 1 aliphatic rings. The molecular formula is C27H20N2O2. The quantitative estimate of drug-likeness (QED) is 0.412. The Morgan fingerprint density at radius 3 is 2.29 bits per heavy atom. The lowest BCUT2D eigenvalue weighted by molar-refractivity contribution is 0.295. The summed E-state index contributed by atoms with van der Waals surface area (Å²) in [6, 6.07) is 29.6. The van der Waals surface area contributed by atoms with Gasteiger partial charge >= 0.3 is 0 Å². The van der Waals surface area contributed by atoms with Gasteiger partial charge in [-0.3, -0.25) is 4.79 Å². The van der Waals surface area contributed by atoms with E-state index in [-0.39, 0.29) is 11.1 Å². The summed E-state index contributed by atoms with van der Waals surface area (Å²) in [7, 11) is 0. The van der Waals surface area contributed by atoms with Crippen LogP contribution in [0.15, 0.2) is 89.7 Å². The highest BCUT2D eigenvalue weighted by molar-refractivity contribution is 5.92. The summed E-state index contributed by atoms with van der Waals surface area (Å²) in [6.07, 6.45) is 0.664. The molecule has 0 fully saturated rings. The molecule has 3 aromatic carbocycles. The molecule has 0 radical (unpaired) electrons. The van der Waals surface area contributed by atoms with E-state index in [1.54, 1.807) is 4.57 Å². The topological polar surface area (TPSA) is 55.0 Å². The van der Waals surface area contributed by atoms with E-state index in [0.717, 1.165) is 33.7 Å². The second-order valence-electron chi connectivity index (χ2n) is 7.50. The standard InChI is InChI=1S/C27H20N2O2/c28-18-23-25(19-9-3-1-4-10-19)26-22-14-8-7-11-20(22)17-24(26)29(27(23)30)15-16-31-21-12-5-2-6-13-21/h1-14H,15-17H2. The maximum atomic E-state index is 13.4. The van der Waals surface area contributed by atoms with Gasteiger partial charge in [0.05, 0.1) is 6.54 Å². The van der Waals surface area contributed by atoms with Crippen molar-refractivity contribution in [3.05, 3.63) is 112 Å². The summed E-state index contributed by atoms with van der Waals surface area (Å²) < 4.78 is 7.57. The summed E-state index contributed by atoms with van der Waals surface area (Å²) in [5, 5.41) is 9.97. The Morgan fingerprint density at radius 2 is 1.55 bits per heavy atom. The van der Waals surface area contributed by atoms with Crippen LogP contribution in [0.1, 0.15) is 16.8 Å². The molecule has 150 valence electrons. The predicted octanol–water partition coefficient (Wildman–Crippen LogP) is 5.04. The van der Waals surface area contributed by atoms with Crippen LogP contribution in [0.25, 0.3) is 22.3 Å². The Balaban J connectivity index is 1.66. The molecule has 0 unspecified atom stereocenters. The zero-order valence-electron chi connectivity index (χ0n) is 16.9. The number of fused-ring (bicyclic) bond motifs is 3. The van der Waals surface area contributed by atoms with E-state index in [1.807, 2.05) is 72.8 Å². The van der Waals surface area contributed by atoms with Gasteiger partial charge in [0.1, 0.15) is 24.0 Å². The molecular weight excluding hydrogens is 384 g/mol. The van der Waals surface area contributed by atoms with Crippen LogP contribution in [-0.2, 0) is 13.0 Å². The van der Waals surface area contributed by atoms with Crippen LogP contribution in [0.3, 0.4) is 0 Å². The van der Waals surface area contributed by atoms with Crippen molar-refractivity contribution in [2.75, 3.05) is 6.61 Å². The highest BCUT2D eigenvalue weighted by atomic mass is 16.5. The Kier molecular flexibility index (Phi) is 4.86. The Bertz CT molecular complexity index is 1350. The van der Waals surface area contributed by atoms with Crippen LogP contribution in [0.4, 0.5) is 0 Å². The number of rotatable bonds is 5. The molecule has 0 amide bonds. The summed E-state index contributed by atoms with van der Waals surface area (Å²) >= 11 is 0. The van der Waals surface area contributed by atoms with Crippen molar-refractivity contribution in [2.24, 2.45) is 0 Å². The van der Waals surface area contributed by atoms with E-state index in [9.17, 15) is 10.1 Å². The largest absolute Gasteiger partial charge is 0.492 e. The molecule has 1 aromatic heterocycles. The second kappa shape index (κ2) is 7.97. The molecule has 0 N–H and O–H groups in total. The third-order valence-corrected chi connectivity index (χ3v) is 5.72. The monoisotopic (exact) mass is 404 g/mol. The number of ether oxygens (including phenoxy) is 1. The minimum absolute atomic E-state index is 0.182. The zero-order valence-corrected chi connectivity index (χ0v) is 16.9. The third-order valence-electron chi connectivity index (χ3n) is 5.72. The van der Waals surface area contributed by atoms with Gasteiger partial charge in [0.15, 0.2) is 0 Å². The van der Waals surface area contributed by atoms with E-state index in [2.05, 4.69) is 18.2 Å². The van der Waals surface area contributed by atoms with Crippen LogP contribution < -0.4 is 10.3 Å². The van der Waals surface area contributed by atoms with Crippen molar-refractivity contribution in [1.29, 1.82) is 5.26 Å². The highest BCUT2D eigenvalue weighted by Gasteiger charge is 2.29. The van der Waals surface area contributed by atoms with Crippen molar-refractivity contribution in [1.82, 2.24) is 4.57 Å². The van der Waals surface area contributed by atoms with Crippen LogP contribution in [0.5, 0.6) is 5.75 Å². The minimum Gasteiger partial charge on any atom is -0.492 e. The Labute approximate surface area is 180 Å². The SMILES string of the molecule is N#Cc1c(-c2ccccc2)c2c(n(CCOc3ccccc3)c1=O)Cc1ccccc1-2. The van der Waals surface area contributed by atoms with E-state index in [4.69, 9.17) is 4.74 Å². The molecule has 4 aromatic rings. The second-order valence-corrected chi connectivity index (χ2v) is 7.50. The number of hydrogen-bond donors (Lipinski definition) is 0. The Morgan fingerprint density at radius 1 is 0.871 bits per heavy atom. The maximum Gasteiger partial charge on any atom is 0.269 e. The van der Waals surface area contributed by atoms with Gasteiger partial charge in [-0.25, -0.2) is 0 Å². The van der Waals surface area contributed by atoms with E-state index < -0.39 is 0 Å². The molecule has 0 saturated heterocycles. The molecule has 0 saturated carbocycles. The van der Waals surface area contributed by atoms with Crippen molar-refractivity contribution in [3.63, 3.8) is 0 Å². The van der Waals surface area contributed by atoms with Gasteiger partial charge in [-0.05, 0) is 28.8 Å². The molecule has 0 bridgehead atoms. The molecule has 1 heterocycles. The first-order chi connectivity index (χ1) is 15.3. The fourth-order valence-corrected chi connectivity index (χ4v) is 4.35. The maximum absolute atomic E-state index is 13.4. The number of nitrogens with zero attached hydrogens (tertiary/aromatic N) is 2. The van der Waals surface area contributed by atoms with Gasteiger partial charge < -0.3 is 9.30 Å². The Hall–Kier alpha value is -4.10. The zero-order chi connectivity index (χ0) is 21.2. The average molecular weight is 404 g/mol. The van der Waals surface area contributed by atoms with Gasteiger partial charge in [-0.2, -0.15) is 5.26 Å². The molecule has 4 nitrogen and oxygen atoms in total. The lowest BCUT2D eigenvalue weighted by Gasteiger charge is -2.18. The number of hydrogen-bond acceptors (Lipinski definition) is 3. The molecule has 5 rings (SSSR count). The van der Waals surface area contributed by atoms with Crippen LogP contribution in [-0.4, -0.2) is 11.2 Å². The fraction of sp³-hybridized carbons (Fsp3) is 0.111. The van der Waals surface area contributed by atoms with Crippen molar-refractivity contribution >= 4 is 0 Å². The summed E-state index contributed by atoms with van der Waals surface area (Å²) in [4.78, 5) is 13.4. The first-order valence-electron chi connectivity index (χ1n) is 10.3. The van der Waals surface area contributed by atoms with Gasteiger partial charge in [0.2, 0.25) is 0 Å². The van der Waals surface area contributed by atoms with Crippen molar-refractivity contribution in [3.8, 4) is 34.1 Å². The minimum atomic E-state index is -0.260. The summed E-state index contributed by atoms with van der Waals surface area (Å²) in [6.45, 7) is 0.732. The molecule has 0 spiro atoms. The lowest BCUT2D eigenvalue weighted by atomic mass is 9.92. The molecule has 0 atom stereocenters. The number of para-hydroxylation sites is 1. The van der Waals surface area contributed by atoms with Gasteiger partial charge in [-0.15, -0.1) is 0 Å². The predicted molar refractivity (Wildman–Crippen MR) is 121 cm³/mol. The van der Waals surface area contributed by atoms with E-state index in [1.165, 1.54) is 5.56 Å². The smallest absolute Gasteiger partial charge is 0.269 e. The third kappa shape index (κ3) is 3.31. The highest BCUT2D eigenvalue weighted by Crippen LogP contribution is 2.43. The number of benzene rings is 3. The molecule has 1 aliphatic carbocycles. The first kappa shape index (κ1) is 18.9. The lowest BCUT2D eigenvalue weighted by Crippen LogP contribution is -2.29. The van der Waals surface area contributed by atoms with Crippen LogP contribution >= 0.6 is 0 Å². The average Bonchev–Trinajstić information content (AvgIpc) is 3.20. The van der Waals surface area contributed by atoms with Crippen molar-refractivity contribution < 1.29 is 4.74 Å². The van der Waals surface area contributed by atoms with Crippen LogP contribution in [0, 0.1) is 11.3 Å². The number of nitriles is 1.